The largest absolute Gasteiger partial charge is 0.493 e. The Morgan fingerprint density at radius 3 is 2.73 bits per heavy atom. The fourth-order valence-corrected chi connectivity index (χ4v) is 3.57. The van der Waals surface area contributed by atoms with Crippen LogP contribution in [0, 0.1) is 6.92 Å². The number of aryl methyl sites for hydroxylation is 1. The van der Waals surface area contributed by atoms with Crippen LogP contribution >= 0.6 is 11.8 Å². The van der Waals surface area contributed by atoms with Crippen LogP contribution in [0.15, 0.2) is 64.4 Å². The third kappa shape index (κ3) is 3.32. The van der Waals surface area contributed by atoms with Crippen LogP contribution in [0.5, 0.6) is 5.75 Å². The van der Waals surface area contributed by atoms with Gasteiger partial charge in [-0.05, 0) is 35.9 Å². The molecular formula is C20H19N3O2S. The van der Waals surface area contributed by atoms with Crippen molar-refractivity contribution in [2.24, 2.45) is 7.05 Å². The van der Waals surface area contributed by atoms with Crippen LogP contribution in [0.1, 0.15) is 5.76 Å². The van der Waals surface area contributed by atoms with Gasteiger partial charge in [0.05, 0.1) is 18.4 Å². The lowest BCUT2D eigenvalue weighted by molar-refractivity contribution is 0.344. The molecule has 0 bridgehead atoms. The molecule has 4 rings (SSSR count). The van der Waals surface area contributed by atoms with Crippen molar-refractivity contribution in [3.63, 3.8) is 0 Å². The second-order valence-electron chi connectivity index (χ2n) is 5.96. The zero-order valence-corrected chi connectivity index (χ0v) is 15.5. The summed E-state index contributed by atoms with van der Waals surface area (Å²) in [4.78, 5) is 0. The van der Waals surface area contributed by atoms with Gasteiger partial charge in [-0.1, -0.05) is 42.1 Å². The first-order chi connectivity index (χ1) is 12.7. The minimum absolute atomic E-state index is 0.607. The summed E-state index contributed by atoms with van der Waals surface area (Å²) >= 11 is 1.63. The summed E-state index contributed by atoms with van der Waals surface area (Å²) in [5, 5.41) is 11.8. The maximum absolute atomic E-state index is 5.88. The summed E-state index contributed by atoms with van der Waals surface area (Å²) < 4.78 is 13.2. The molecule has 2 heterocycles. The maximum atomic E-state index is 5.88. The standard InChI is InChI=1S/C20H19N3O2S/c1-14-18(9-10-24-14)19-21-22-20(23(19)2)26-12-11-25-17-8-7-15-5-3-4-6-16(15)13-17/h3-10,13H,11-12H2,1-2H3. The van der Waals surface area contributed by atoms with E-state index < -0.39 is 0 Å². The number of hydrogen-bond acceptors (Lipinski definition) is 5. The maximum Gasteiger partial charge on any atom is 0.191 e. The number of benzene rings is 2. The number of furan rings is 1. The van der Waals surface area contributed by atoms with Crippen LogP contribution in [0.4, 0.5) is 0 Å². The van der Waals surface area contributed by atoms with E-state index in [1.165, 1.54) is 10.8 Å². The van der Waals surface area contributed by atoms with Gasteiger partial charge in [-0.15, -0.1) is 10.2 Å². The number of fused-ring (bicyclic) bond motifs is 1. The molecule has 4 aromatic rings. The average Bonchev–Trinajstić information content (AvgIpc) is 3.24. The number of ether oxygens (including phenoxy) is 1. The third-order valence-electron chi connectivity index (χ3n) is 4.24. The predicted molar refractivity (Wildman–Crippen MR) is 104 cm³/mol. The second kappa shape index (κ2) is 7.25. The van der Waals surface area contributed by atoms with Crippen molar-refractivity contribution in [2.75, 3.05) is 12.4 Å². The summed E-state index contributed by atoms with van der Waals surface area (Å²) in [7, 11) is 1.97. The smallest absolute Gasteiger partial charge is 0.191 e. The molecule has 26 heavy (non-hydrogen) atoms. The third-order valence-corrected chi connectivity index (χ3v) is 5.22. The lowest BCUT2D eigenvalue weighted by Gasteiger charge is -2.07. The molecule has 5 nitrogen and oxygen atoms in total. The molecule has 0 aliphatic heterocycles. The highest BCUT2D eigenvalue weighted by molar-refractivity contribution is 7.99. The van der Waals surface area contributed by atoms with Crippen molar-refractivity contribution in [1.82, 2.24) is 14.8 Å². The fraction of sp³-hybridized carbons (Fsp3) is 0.200. The van der Waals surface area contributed by atoms with E-state index in [0.29, 0.717) is 6.61 Å². The van der Waals surface area contributed by atoms with Crippen molar-refractivity contribution in [1.29, 1.82) is 0 Å². The first-order valence-electron chi connectivity index (χ1n) is 8.40. The Morgan fingerprint density at radius 2 is 1.92 bits per heavy atom. The molecule has 0 amide bonds. The number of hydrogen-bond donors (Lipinski definition) is 0. The molecule has 132 valence electrons. The predicted octanol–water partition coefficient (Wildman–Crippen LogP) is 4.71. The lowest BCUT2D eigenvalue weighted by Crippen LogP contribution is -2.02. The lowest BCUT2D eigenvalue weighted by atomic mass is 10.1. The van der Waals surface area contributed by atoms with Crippen molar-refractivity contribution in [2.45, 2.75) is 12.1 Å². The quantitative estimate of drug-likeness (QED) is 0.366. The highest BCUT2D eigenvalue weighted by Crippen LogP contribution is 2.26. The van der Waals surface area contributed by atoms with Crippen molar-refractivity contribution in [3.8, 4) is 17.1 Å². The molecule has 0 aliphatic carbocycles. The van der Waals surface area contributed by atoms with Crippen LogP contribution in [0.2, 0.25) is 0 Å². The molecule has 0 atom stereocenters. The van der Waals surface area contributed by atoms with Crippen LogP contribution in [-0.2, 0) is 7.05 Å². The van der Waals surface area contributed by atoms with E-state index in [2.05, 4.69) is 34.5 Å². The minimum atomic E-state index is 0.607. The first kappa shape index (κ1) is 16.7. The Balaban J connectivity index is 1.36. The fourth-order valence-electron chi connectivity index (χ4n) is 2.84. The summed E-state index contributed by atoms with van der Waals surface area (Å²) in [6.45, 7) is 2.53. The number of thioether (sulfide) groups is 1. The SMILES string of the molecule is Cc1occc1-c1nnc(SCCOc2ccc3ccccc3c2)n1C. The van der Waals surface area contributed by atoms with E-state index in [9.17, 15) is 0 Å². The van der Waals surface area contributed by atoms with Crippen molar-refractivity contribution in [3.05, 3.63) is 60.6 Å². The number of aromatic nitrogens is 3. The van der Waals surface area contributed by atoms with E-state index in [4.69, 9.17) is 9.15 Å². The van der Waals surface area contributed by atoms with Crippen LogP contribution in [0.3, 0.4) is 0 Å². The Kier molecular flexibility index (Phi) is 4.67. The molecule has 0 radical (unpaired) electrons. The minimum Gasteiger partial charge on any atom is -0.493 e. The summed E-state index contributed by atoms with van der Waals surface area (Å²) in [6, 6.07) is 16.3. The zero-order valence-electron chi connectivity index (χ0n) is 14.7. The molecule has 6 heteroatoms. The topological polar surface area (TPSA) is 53.1 Å². The molecule has 2 aromatic carbocycles. The van der Waals surface area contributed by atoms with Gasteiger partial charge in [-0.25, -0.2) is 0 Å². The second-order valence-corrected chi connectivity index (χ2v) is 7.02. The van der Waals surface area contributed by atoms with Crippen molar-refractivity contribution < 1.29 is 9.15 Å². The summed E-state index contributed by atoms with van der Waals surface area (Å²) in [5.74, 6) is 3.34. The molecule has 0 saturated heterocycles. The summed E-state index contributed by atoms with van der Waals surface area (Å²) in [5.41, 5.74) is 0.972. The highest BCUT2D eigenvalue weighted by Gasteiger charge is 2.14. The molecule has 0 saturated carbocycles. The van der Waals surface area contributed by atoms with Gasteiger partial charge < -0.3 is 13.7 Å². The highest BCUT2D eigenvalue weighted by atomic mass is 32.2. The van der Waals surface area contributed by atoms with Crippen LogP contribution in [-0.4, -0.2) is 27.1 Å². The molecule has 0 N–H and O–H groups in total. The van der Waals surface area contributed by atoms with Gasteiger partial charge in [0.15, 0.2) is 11.0 Å². The molecule has 0 fully saturated rings. The molecular weight excluding hydrogens is 346 g/mol. The zero-order chi connectivity index (χ0) is 17.9. The Bertz CT molecular complexity index is 1040. The van der Waals surface area contributed by atoms with Gasteiger partial charge >= 0.3 is 0 Å². The van der Waals surface area contributed by atoms with Gasteiger partial charge in [-0.2, -0.15) is 0 Å². The number of nitrogens with zero attached hydrogens (tertiary/aromatic N) is 3. The van der Waals surface area contributed by atoms with Crippen molar-refractivity contribution >= 4 is 22.5 Å². The Morgan fingerprint density at radius 1 is 1.08 bits per heavy atom. The summed E-state index contributed by atoms with van der Waals surface area (Å²) in [6.07, 6.45) is 1.67. The van der Waals surface area contributed by atoms with Crippen LogP contribution in [0.25, 0.3) is 22.2 Å². The van der Waals surface area contributed by atoms with E-state index in [1.54, 1.807) is 18.0 Å². The molecule has 2 aromatic heterocycles. The molecule has 0 aliphatic rings. The van der Waals surface area contributed by atoms with Gasteiger partial charge in [0.2, 0.25) is 0 Å². The molecule has 0 spiro atoms. The van der Waals surface area contributed by atoms with E-state index in [-0.39, 0.29) is 0 Å². The normalized spacial score (nSPS) is 11.2. The monoisotopic (exact) mass is 365 g/mol. The van der Waals surface area contributed by atoms with E-state index >= 15 is 0 Å². The molecule has 0 unspecified atom stereocenters. The van der Waals surface area contributed by atoms with Gasteiger partial charge in [0.25, 0.3) is 0 Å². The van der Waals surface area contributed by atoms with Gasteiger partial charge in [0, 0.05) is 12.8 Å². The van der Waals surface area contributed by atoms with Gasteiger partial charge in [-0.3, -0.25) is 0 Å². The van der Waals surface area contributed by atoms with E-state index in [1.807, 2.05) is 42.8 Å². The number of rotatable bonds is 6. The Labute approximate surface area is 156 Å². The average molecular weight is 365 g/mol. The first-order valence-corrected chi connectivity index (χ1v) is 9.39. The van der Waals surface area contributed by atoms with Crippen LogP contribution < -0.4 is 4.74 Å². The van der Waals surface area contributed by atoms with E-state index in [0.717, 1.165) is 33.8 Å². The van der Waals surface area contributed by atoms with Gasteiger partial charge in [0.1, 0.15) is 11.5 Å². The Hall–Kier alpha value is -2.73.